The Hall–Kier alpha value is -1.62. The maximum Gasteiger partial charge on any atom is 0.524 e. The average Bonchev–Trinajstić information content (AvgIpc) is 2.68. The lowest BCUT2D eigenvalue weighted by Gasteiger charge is -2.29. The lowest BCUT2D eigenvalue weighted by atomic mass is 9.78. The van der Waals surface area contributed by atoms with E-state index in [-0.39, 0.29) is 34.6 Å². The average molecular weight is 607 g/mol. The molecule has 0 aliphatic heterocycles. The molecule has 0 fully saturated rings. The maximum absolute atomic E-state index is 12.8. The number of para-hydroxylation sites is 1. The molecule has 0 amide bonds. The van der Waals surface area contributed by atoms with Gasteiger partial charge < -0.3 is 9.05 Å². The topological polar surface area (TPSA) is 168 Å². The van der Waals surface area contributed by atoms with Crippen LogP contribution in [0.2, 0.25) is 0 Å². The van der Waals surface area contributed by atoms with Gasteiger partial charge in [-0.15, -0.1) is 0 Å². The van der Waals surface area contributed by atoms with E-state index in [4.69, 9.17) is 9.05 Å². The third kappa shape index (κ3) is 9.84. The van der Waals surface area contributed by atoms with Crippen LogP contribution in [-0.2, 0) is 29.5 Å². The smallest absolute Gasteiger partial charge is 0.404 e. The zero-order valence-corrected chi connectivity index (χ0v) is 25.2. The zero-order valence-electron chi connectivity index (χ0n) is 21.8. The van der Waals surface area contributed by atoms with Crippen LogP contribution in [0.25, 0.3) is 0 Å². The van der Waals surface area contributed by atoms with E-state index in [1.807, 2.05) is 6.07 Å². The SMILES string of the molecule is Cc1cc(C)c(C(C)(C)CC(=O)SSC(=O)CC(C)(C)c2ccccc2OP(=O)(O)O)c(OP(=O)(O)O)c1. The summed E-state index contributed by atoms with van der Waals surface area (Å²) >= 11 is 0. The molecule has 0 spiro atoms. The zero-order chi connectivity index (χ0) is 29.1. The summed E-state index contributed by atoms with van der Waals surface area (Å²) < 4.78 is 32.6. The van der Waals surface area contributed by atoms with E-state index in [9.17, 15) is 38.3 Å². The largest absolute Gasteiger partial charge is 0.524 e. The Labute approximate surface area is 229 Å². The van der Waals surface area contributed by atoms with Crippen molar-refractivity contribution in [1.82, 2.24) is 0 Å². The van der Waals surface area contributed by atoms with Gasteiger partial charge in [0, 0.05) is 34.8 Å². The minimum absolute atomic E-state index is 0.000280. The fourth-order valence-electron chi connectivity index (χ4n) is 4.29. The highest BCUT2D eigenvalue weighted by molar-refractivity contribution is 8.87. The number of rotatable bonds is 10. The van der Waals surface area contributed by atoms with Crippen molar-refractivity contribution in [1.29, 1.82) is 0 Å². The second-order valence-electron chi connectivity index (χ2n) is 10.1. The Kier molecular flexibility index (Phi) is 10.5. The summed E-state index contributed by atoms with van der Waals surface area (Å²) in [6.45, 7) is 10.5. The first-order chi connectivity index (χ1) is 17.2. The van der Waals surface area contributed by atoms with E-state index in [1.165, 1.54) is 12.1 Å². The Morgan fingerprint density at radius 1 is 0.789 bits per heavy atom. The van der Waals surface area contributed by atoms with Crippen LogP contribution in [0.4, 0.5) is 0 Å². The third-order valence-electron chi connectivity index (χ3n) is 5.57. The first kappa shape index (κ1) is 32.6. The van der Waals surface area contributed by atoms with Crippen molar-refractivity contribution in [2.24, 2.45) is 0 Å². The molecule has 0 heterocycles. The Morgan fingerprint density at radius 3 is 1.79 bits per heavy atom. The number of hydrogen-bond acceptors (Lipinski definition) is 8. The Balaban J connectivity index is 2.12. The van der Waals surface area contributed by atoms with Gasteiger partial charge in [-0.25, -0.2) is 9.13 Å². The molecule has 2 rings (SSSR count). The minimum atomic E-state index is -4.84. The number of benzene rings is 2. The van der Waals surface area contributed by atoms with Gasteiger partial charge in [0.2, 0.25) is 10.2 Å². The molecule has 0 unspecified atom stereocenters. The molecule has 0 radical (unpaired) electrons. The van der Waals surface area contributed by atoms with Gasteiger partial charge in [-0.2, -0.15) is 0 Å². The Morgan fingerprint density at radius 2 is 1.26 bits per heavy atom. The van der Waals surface area contributed by atoms with Gasteiger partial charge in [-0.1, -0.05) is 52.0 Å². The standard InChI is InChI=1S/C24H32O10P2S2/c1-15-11-16(2)22(19(12-15)34-36(30,31)32)24(5,6)14-21(26)38-37-20(25)13-23(3,4)17-9-7-8-10-18(17)33-35(27,28)29/h7-12H,13-14H2,1-6H3,(H2,27,28,29)(H2,30,31,32). The molecule has 0 aliphatic carbocycles. The van der Waals surface area contributed by atoms with E-state index in [1.54, 1.807) is 59.7 Å². The summed E-state index contributed by atoms with van der Waals surface area (Å²) in [7, 11) is -8.12. The van der Waals surface area contributed by atoms with Crippen LogP contribution in [-0.4, -0.2) is 29.8 Å². The van der Waals surface area contributed by atoms with Crippen molar-refractivity contribution in [2.45, 2.75) is 65.2 Å². The second kappa shape index (κ2) is 12.3. The number of phosphoric acid groups is 2. The van der Waals surface area contributed by atoms with Crippen LogP contribution in [0.3, 0.4) is 0 Å². The molecule has 4 N–H and O–H groups in total. The summed E-state index contributed by atoms with van der Waals surface area (Å²) in [5.74, 6) is -0.0313. The number of carbonyl (C=O) groups excluding carboxylic acids is 2. The van der Waals surface area contributed by atoms with E-state index >= 15 is 0 Å². The van der Waals surface area contributed by atoms with Crippen LogP contribution in [0.1, 0.15) is 62.8 Å². The lowest BCUT2D eigenvalue weighted by molar-refractivity contribution is -0.113. The highest BCUT2D eigenvalue weighted by Crippen LogP contribution is 2.47. The monoisotopic (exact) mass is 606 g/mol. The summed E-state index contributed by atoms with van der Waals surface area (Å²) in [6.07, 6.45) is -0.0814. The van der Waals surface area contributed by atoms with Gasteiger partial charge in [0.05, 0.1) is 0 Å². The van der Waals surface area contributed by atoms with E-state index < -0.39 is 26.5 Å². The van der Waals surface area contributed by atoms with Gasteiger partial charge in [0.15, 0.2) is 0 Å². The van der Waals surface area contributed by atoms with Crippen LogP contribution in [0, 0.1) is 13.8 Å². The van der Waals surface area contributed by atoms with Crippen molar-refractivity contribution in [2.75, 3.05) is 0 Å². The summed E-state index contributed by atoms with van der Waals surface area (Å²) in [5, 5.41) is -0.646. The van der Waals surface area contributed by atoms with Crippen molar-refractivity contribution < 1.29 is 47.3 Å². The number of aryl methyl sites for hydroxylation is 2. The van der Waals surface area contributed by atoms with Gasteiger partial charge in [-0.05, 0) is 58.7 Å². The minimum Gasteiger partial charge on any atom is -0.404 e. The number of hydrogen-bond donors (Lipinski definition) is 4. The quantitative estimate of drug-likeness (QED) is 0.192. The molecule has 210 valence electrons. The molecule has 0 aliphatic rings. The third-order valence-corrected chi connectivity index (χ3v) is 8.55. The summed E-state index contributed by atoms with van der Waals surface area (Å²) in [4.78, 5) is 62.7. The predicted octanol–water partition coefficient (Wildman–Crippen LogP) is 5.72. The Bertz CT molecular complexity index is 1300. The van der Waals surface area contributed by atoms with Gasteiger partial charge in [-0.3, -0.25) is 29.2 Å². The molecule has 2 aromatic carbocycles. The van der Waals surface area contributed by atoms with Crippen LogP contribution in [0.5, 0.6) is 11.5 Å². The van der Waals surface area contributed by atoms with Crippen molar-refractivity contribution in [3.63, 3.8) is 0 Å². The van der Waals surface area contributed by atoms with Gasteiger partial charge in [0.1, 0.15) is 11.5 Å². The van der Waals surface area contributed by atoms with E-state index in [0.29, 0.717) is 16.7 Å². The molecule has 14 heteroatoms. The maximum atomic E-state index is 12.8. The molecular weight excluding hydrogens is 574 g/mol. The number of carbonyl (C=O) groups is 2. The normalized spacial score (nSPS) is 12.8. The van der Waals surface area contributed by atoms with E-state index in [2.05, 4.69) is 0 Å². The molecule has 10 nitrogen and oxygen atoms in total. The fraction of sp³-hybridized carbons (Fsp3) is 0.417. The highest BCUT2D eigenvalue weighted by atomic mass is 33.1. The van der Waals surface area contributed by atoms with Crippen molar-refractivity contribution in [3.05, 3.63) is 58.7 Å². The van der Waals surface area contributed by atoms with E-state index in [0.717, 1.165) is 27.2 Å². The summed E-state index contributed by atoms with van der Waals surface area (Å²) in [6, 6.07) is 9.59. The second-order valence-corrected chi connectivity index (χ2v) is 14.7. The van der Waals surface area contributed by atoms with Gasteiger partial charge >= 0.3 is 15.6 Å². The first-order valence-electron chi connectivity index (χ1n) is 11.3. The molecule has 0 aromatic heterocycles. The summed E-state index contributed by atoms with van der Waals surface area (Å²) in [5.41, 5.74) is 0.642. The molecule has 0 saturated carbocycles. The molecule has 0 bridgehead atoms. The number of phosphoric ester groups is 2. The van der Waals surface area contributed by atoms with Crippen LogP contribution < -0.4 is 9.05 Å². The molecule has 0 saturated heterocycles. The van der Waals surface area contributed by atoms with Crippen LogP contribution in [0.15, 0.2) is 36.4 Å². The van der Waals surface area contributed by atoms with Crippen molar-refractivity contribution >= 4 is 47.5 Å². The van der Waals surface area contributed by atoms with Crippen molar-refractivity contribution in [3.8, 4) is 11.5 Å². The molecule has 0 atom stereocenters. The predicted molar refractivity (Wildman–Crippen MR) is 148 cm³/mol. The van der Waals surface area contributed by atoms with Gasteiger partial charge in [0.25, 0.3) is 0 Å². The van der Waals surface area contributed by atoms with Crippen LogP contribution >= 0.6 is 37.2 Å². The molecule has 38 heavy (non-hydrogen) atoms. The molecule has 2 aromatic rings. The molecular formula is C24H32O10P2S2. The highest BCUT2D eigenvalue weighted by Gasteiger charge is 2.34. The first-order valence-corrected chi connectivity index (χ1v) is 16.5. The fourth-order valence-corrected chi connectivity index (χ4v) is 7.04. The lowest BCUT2D eigenvalue weighted by Crippen LogP contribution is -2.23.